The molecule has 1 aromatic rings. The Morgan fingerprint density at radius 1 is 1.50 bits per heavy atom. The van der Waals surface area contributed by atoms with Gasteiger partial charge >= 0.3 is 0 Å². The van der Waals surface area contributed by atoms with Crippen LogP contribution in [0.1, 0.15) is 44.7 Å². The van der Waals surface area contributed by atoms with Crippen molar-refractivity contribution < 1.29 is 4.79 Å². The average Bonchev–Trinajstić information content (AvgIpc) is 2.98. The zero-order valence-electron chi connectivity index (χ0n) is 12.2. The Labute approximate surface area is 129 Å². The summed E-state index contributed by atoms with van der Waals surface area (Å²) < 4.78 is 1.07. The van der Waals surface area contributed by atoms with E-state index in [2.05, 4.69) is 41.2 Å². The second-order valence-corrected chi connectivity index (χ2v) is 6.23. The molecule has 0 aromatic heterocycles. The molecular weight excluding hydrogens is 316 g/mol. The van der Waals surface area contributed by atoms with Gasteiger partial charge in [0.25, 0.3) is 0 Å². The molecule has 1 amide bonds. The molecule has 0 radical (unpaired) electrons. The van der Waals surface area contributed by atoms with E-state index in [9.17, 15) is 4.79 Å². The Kier molecular flexibility index (Phi) is 5.61. The van der Waals surface area contributed by atoms with E-state index >= 15 is 0 Å². The molecule has 110 valence electrons. The maximum absolute atomic E-state index is 12.7. The highest BCUT2D eigenvalue weighted by molar-refractivity contribution is 9.10. The van der Waals surface area contributed by atoms with Gasteiger partial charge in [-0.25, -0.2) is 0 Å². The molecule has 0 spiro atoms. The van der Waals surface area contributed by atoms with Crippen LogP contribution in [0.4, 0.5) is 0 Å². The molecule has 3 nitrogen and oxygen atoms in total. The highest BCUT2D eigenvalue weighted by atomic mass is 79.9. The number of carbonyl (C=O) groups excluding carboxylic acids is 1. The maximum Gasteiger partial charge on any atom is 0.240 e. The van der Waals surface area contributed by atoms with E-state index in [-0.39, 0.29) is 18.0 Å². The van der Waals surface area contributed by atoms with Gasteiger partial charge in [0, 0.05) is 11.0 Å². The number of hydrogen-bond acceptors (Lipinski definition) is 2. The fourth-order valence-corrected chi connectivity index (χ4v) is 3.43. The van der Waals surface area contributed by atoms with Crippen LogP contribution < -0.4 is 5.32 Å². The lowest BCUT2D eigenvalue weighted by atomic mass is 10.0. The van der Waals surface area contributed by atoms with Gasteiger partial charge in [0.2, 0.25) is 5.91 Å². The number of nitrogens with one attached hydrogen (secondary N) is 1. The molecule has 1 N–H and O–H groups in total. The summed E-state index contributed by atoms with van der Waals surface area (Å²) in [6.45, 7) is 6.00. The highest BCUT2D eigenvalue weighted by Gasteiger charge is 2.30. The third-order valence-electron chi connectivity index (χ3n) is 3.93. The standard InChI is InChI=1S/C16H23BrN2O/c1-3-11-19(16(20)15-9-6-10-18-15)12(2)13-7-4-5-8-14(13)17/h4-5,7-8,12,15,18H,3,6,9-11H2,1-2H3. The Morgan fingerprint density at radius 3 is 2.85 bits per heavy atom. The fourth-order valence-electron chi connectivity index (χ4n) is 2.81. The summed E-state index contributed by atoms with van der Waals surface area (Å²) in [6, 6.07) is 8.26. The molecule has 1 aromatic carbocycles. The monoisotopic (exact) mass is 338 g/mol. The Bertz CT molecular complexity index is 458. The molecule has 20 heavy (non-hydrogen) atoms. The molecule has 1 aliphatic rings. The van der Waals surface area contributed by atoms with Crippen molar-refractivity contribution in [3.63, 3.8) is 0 Å². The predicted octanol–water partition coefficient (Wildman–Crippen LogP) is 3.50. The summed E-state index contributed by atoms with van der Waals surface area (Å²) in [4.78, 5) is 14.7. The molecule has 1 saturated heterocycles. The molecule has 2 atom stereocenters. The van der Waals surface area contributed by atoms with Crippen molar-refractivity contribution in [2.45, 2.75) is 45.2 Å². The SMILES string of the molecule is CCCN(C(=O)C1CCCN1)C(C)c1ccccc1Br. The van der Waals surface area contributed by atoms with Gasteiger partial charge in [-0.15, -0.1) is 0 Å². The maximum atomic E-state index is 12.7. The first-order chi connectivity index (χ1) is 9.65. The number of rotatable bonds is 5. The van der Waals surface area contributed by atoms with E-state index in [1.807, 2.05) is 23.1 Å². The minimum atomic E-state index is 0.00601. The molecule has 0 aliphatic carbocycles. The van der Waals surface area contributed by atoms with Crippen LogP contribution in [0.15, 0.2) is 28.7 Å². The first-order valence-electron chi connectivity index (χ1n) is 7.43. The van der Waals surface area contributed by atoms with Gasteiger partial charge in [0.05, 0.1) is 12.1 Å². The van der Waals surface area contributed by atoms with Crippen LogP contribution in [0.25, 0.3) is 0 Å². The number of nitrogens with zero attached hydrogens (tertiary/aromatic N) is 1. The van der Waals surface area contributed by atoms with Crippen LogP contribution in [0, 0.1) is 0 Å². The summed E-state index contributed by atoms with van der Waals surface area (Å²) in [6.07, 6.45) is 3.04. The number of hydrogen-bond donors (Lipinski definition) is 1. The van der Waals surface area contributed by atoms with Crippen molar-refractivity contribution >= 4 is 21.8 Å². The Morgan fingerprint density at radius 2 is 2.25 bits per heavy atom. The van der Waals surface area contributed by atoms with Crippen molar-refractivity contribution in [2.24, 2.45) is 0 Å². The summed E-state index contributed by atoms with van der Waals surface area (Å²) in [5.41, 5.74) is 1.17. The van der Waals surface area contributed by atoms with Crippen molar-refractivity contribution in [3.8, 4) is 0 Å². The van der Waals surface area contributed by atoms with Crippen molar-refractivity contribution in [1.29, 1.82) is 0 Å². The summed E-state index contributed by atoms with van der Waals surface area (Å²) in [5.74, 6) is 0.243. The number of halogens is 1. The topological polar surface area (TPSA) is 32.3 Å². The van der Waals surface area contributed by atoms with Gasteiger partial charge in [-0.05, 0) is 44.4 Å². The lowest BCUT2D eigenvalue weighted by molar-refractivity contribution is -0.135. The summed E-state index contributed by atoms with van der Waals surface area (Å²) in [5, 5.41) is 3.31. The Balaban J connectivity index is 2.19. The molecule has 0 bridgehead atoms. The normalized spacial score (nSPS) is 19.9. The zero-order valence-corrected chi connectivity index (χ0v) is 13.8. The largest absolute Gasteiger partial charge is 0.335 e. The minimum absolute atomic E-state index is 0.00601. The van der Waals surface area contributed by atoms with Gasteiger partial charge in [0.1, 0.15) is 0 Å². The minimum Gasteiger partial charge on any atom is -0.335 e. The molecule has 1 fully saturated rings. The lowest BCUT2D eigenvalue weighted by Gasteiger charge is -2.32. The third kappa shape index (κ3) is 3.41. The van der Waals surface area contributed by atoms with Gasteiger partial charge in [-0.1, -0.05) is 41.1 Å². The number of amides is 1. The quantitative estimate of drug-likeness (QED) is 0.891. The molecule has 1 heterocycles. The zero-order chi connectivity index (χ0) is 14.5. The van der Waals surface area contributed by atoms with Crippen LogP contribution >= 0.6 is 15.9 Å². The van der Waals surface area contributed by atoms with Crippen molar-refractivity contribution in [1.82, 2.24) is 10.2 Å². The first-order valence-corrected chi connectivity index (χ1v) is 8.22. The van der Waals surface area contributed by atoms with Crippen LogP contribution in [-0.4, -0.2) is 29.9 Å². The first kappa shape index (κ1) is 15.5. The molecule has 4 heteroatoms. The van der Waals surface area contributed by atoms with Gasteiger partial charge < -0.3 is 10.2 Å². The van der Waals surface area contributed by atoms with E-state index in [0.29, 0.717) is 0 Å². The van der Waals surface area contributed by atoms with Gasteiger partial charge in [-0.3, -0.25) is 4.79 Å². The van der Waals surface area contributed by atoms with Gasteiger partial charge in [0.15, 0.2) is 0 Å². The van der Waals surface area contributed by atoms with E-state index < -0.39 is 0 Å². The molecule has 0 saturated carbocycles. The van der Waals surface area contributed by atoms with Crippen LogP contribution in [0.3, 0.4) is 0 Å². The second-order valence-electron chi connectivity index (χ2n) is 5.38. The Hall–Kier alpha value is -0.870. The molecule has 1 aliphatic heterocycles. The lowest BCUT2D eigenvalue weighted by Crippen LogP contribution is -2.45. The third-order valence-corrected chi connectivity index (χ3v) is 4.65. The van der Waals surface area contributed by atoms with Crippen molar-refractivity contribution in [3.05, 3.63) is 34.3 Å². The van der Waals surface area contributed by atoms with E-state index in [1.54, 1.807) is 0 Å². The average molecular weight is 339 g/mol. The van der Waals surface area contributed by atoms with Crippen LogP contribution in [0.5, 0.6) is 0 Å². The van der Waals surface area contributed by atoms with Gasteiger partial charge in [-0.2, -0.15) is 0 Å². The fraction of sp³-hybridized carbons (Fsp3) is 0.562. The van der Waals surface area contributed by atoms with Crippen LogP contribution in [-0.2, 0) is 4.79 Å². The predicted molar refractivity (Wildman–Crippen MR) is 85.6 cm³/mol. The summed E-state index contributed by atoms with van der Waals surface area (Å²) >= 11 is 3.60. The highest BCUT2D eigenvalue weighted by Crippen LogP contribution is 2.28. The van der Waals surface area contributed by atoms with Crippen LogP contribution in [0.2, 0.25) is 0 Å². The van der Waals surface area contributed by atoms with Crippen molar-refractivity contribution in [2.75, 3.05) is 13.1 Å². The second kappa shape index (κ2) is 7.23. The summed E-state index contributed by atoms with van der Waals surface area (Å²) in [7, 11) is 0. The molecule has 2 unspecified atom stereocenters. The van der Waals surface area contributed by atoms with E-state index in [0.717, 1.165) is 36.8 Å². The molecular formula is C16H23BrN2O. The number of carbonyl (C=O) groups is 1. The molecule has 2 rings (SSSR count). The number of benzene rings is 1. The van der Waals surface area contributed by atoms with E-state index in [4.69, 9.17) is 0 Å². The van der Waals surface area contributed by atoms with E-state index in [1.165, 1.54) is 5.56 Å². The smallest absolute Gasteiger partial charge is 0.240 e.